The van der Waals surface area contributed by atoms with Gasteiger partial charge in [-0.05, 0) is 83.5 Å². The van der Waals surface area contributed by atoms with Gasteiger partial charge in [-0.15, -0.1) is 0 Å². The van der Waals surface area contributed by atoms with Crippen molar-refractivity contribution < 1.29 is 71.8 Å². The topological polar surface area (TPSA) is 318 Å². The van der Waals surface area contributed by atoms with E-state index in [0.717, 1.165) is 64.5 Å². The number of quaternary nitrogens is 2. The molecule has 410 valence electrons. The zero-order valence-corrected chi connectivity index (χ0v) is 45.6. The molecule has 0 amide bonds. The number of allylic oxidation sites excluding steroid dienone is 16. The van der Waals surface area contributed by atoms with Crippen molar-refractivity contribution in [3.63, 3.8) is 0 Å². The minimum atomic E-state index is -1.27. The Hall–Kier alpha value is -4.30. The van der Waals surface area contributed by atoms with E-state index in [1.54, 1.807) is 79.0 Å². The van der Waals surface area contributed by atoms with Gasteiger partial charge in [0, 0.05) is 11.9 Å². The number of carboxylic acids is 3. The Bertz CT molecular complexity index is 1640. The third-order valence-electron chi connectivity index (χ3n) is 9.48. The molecule has 15 nitrogen and oxygen atoms in total. The number of nitrogens with one attached hydrogen (secondary N) is 1. The van der Waals surface area contributed by atoms with Crippen molar-refractivity contribution in [2.75, 3.05) is 13.1 Å². The van der Waals surface area contributed by atoms with Crippen LogP contribution in [0.1, 0.15) is 124 Å². The minimum absolute atomic E-state index is 0. The number of rotatable bonds is 37. The summed E-state index contributed by atoms with van der Waals surface area (Å²) in [5.41, 5.74) is 14.2. The molecule has 16 heteroatoms. The summed E-state index contributed by atoms with van der Waals surface area (Å²) in [4.78, 5) is 30.4. The summed E-state index contributed by atoms with van der Waals surface area (Å²) >= 11 is 0. The second-order valence-electron chi connectivity index (χ2n) is 16.3. The quantitative estimate of drug-likeness (QED) is 0.0135. The summed E-state index contributed by atoms with van der Waals surface area (Å²) in [7, 11) is 0. The van der Waals surface area contributed by atoms with E-state index in [0.29, 0.717) is 44.9 Å². The molecule has 0 aromatic rings. The number of aliphatic hydroxyl groups is 6. The molecule has 0 radical (unpaired) electrons. The van der Waals surface area contributed by atoms with Crippen molar-refractivity contribution in [1.82, 2.24) is 0 Å². The zero-order valence-electron chi connectivity index (χ0n) is 44.2. The standard InChI is InChI=1S/C22H32O5.C22H34O3.C7H14NO2.C6H13N2O2.Mg/c1-2-3-9-16-20(24)21(25)17-12-7-5-4-6-10-14-19(23)15-11-8-13-18-22(26)27;1-3-5-7-13-16-20(23)17-14-10-8-9-11-15-19-22(25)21(24)18-12-6-4-2;1-6(7(9)10)4-2-3-5-8;7-4-2-1-3-5(8)6(9)10;/h3-12,14,17,19-21,23-25H,2,13,15-16,18H2,1H3,(H,26,27);6-15,17,19-25H,3-5,16,18H2,1-2H3;6H,1-5,8H2,(H,9,10);5,8H,1-4,7H2,(H,9,10);/q;;2*-1;+2/b6-4-,7-5+,9-3-,11-8-,14-10+,17-12+;10-8-,11-9+,12-6-,13-7-,17-14+,19-15+;;;/t19-,20+,21-;20-,21-,22+;6-;5-;/m1000./s1. The van der Waals surface area contributed by atoms with Crippen LogP contribution >= 0.6 is 0 Å². The second-order valence-corrected chi connectivity index (χ2v) is 16.3. The first-order valence-corrected chi connectivity index (χ1v) is 25.3. The minimum Gasteiger partial charge on any atom is -0.670 e. The molecule has 0 heterocycles. The Kier molecular flexibility index (Phi) is 64.0. The van der Waals surface area contributed by atoms with Gasteiger partial charge in [-0.1, -0.05) is 198 Å². The molecule has 0 saturated carbocycles. The molecule has 0 aromatic carbocycles. The van der Waals surface area contributed by atoms with Crippen LogP contribution in [0.25, 0.3) is 5.73 Å². The number of aliphatic carboxylic acids is 3. The Morgan fingerprint density at radius 2 is 0.904 bits per heavy atom. The summed E-state index contributed by atoms with van der Waals surface area (Å²) in [5, 5.41) is 87.0. The van der Waals surface area contributed by atoms with Gasteiger partial charge in [0.2, 0.25) is 0 Å². The first kappa shape index (κ1) is 77.6. The fourth-order valence-corrected chi connectivity index (χ4v) is 5.16. The number of carboxylic acid groups (broad SMARTS) is 3. The van der Waals surface area contributed by atoms with Crippen LogP contribution in [-0.4, -0.2) is 132 Å². The van der Waals surface area contributed by atoms with Crippen LogP contribution in [0.3, 0.4) is 0 Å². The van der Waals surface area contributed by atoms with Gasteiger partial charge in [0.25, 0.3) is 5.97 Å². The Morgan fingerprint density at radius 1 is 0.534 bits per heavy atom. The monoisotopic (exact) mass is 1040 g/mol. The van der Waals surface area contributed by atoms with Crippen LogP contribution in [0.2, 0.25) is 0 Å². The predicted molar refractivity (Wildman–Crippen MR) is 292 cm³/mol. The van der Waals surface area contributed by atoms with E-state index in [-0.39, 0.29) is 29.5 Å². The summed E-state index contributed by atoms with van der Waals surface area (Å²) in [6.45, 7) is 11.3. The Balaban J connectivity index is -0.000000306. The summed E-state index contributed by atoms with van der Waals surface area (Å²) < 4.78 is 0. The summed E-state index contributed by atoms with van der Waals surface area (Å²) in [5.74, 6) is -3.59. The SMILES string of the molecule is CC/C=C\C[C@H](O)[C@H](O)/C=C/C=C/C=C\C=C\[C@@H](O)C/C=C\CCC.CC/C=C\C[C@H](O)[C@H](O)/C=C/C=C/C=C\C=C\[C@@H](O)C/C=C\CCC(=O)[O-].[CH2-][C@@H](CCCC[NH3+])C(=O)O.[Mg+2].[NH-][C@@H](CCCC[NH3+])C(=O)[O-]. The molecular weight excluding hydrogens is 943 g/mol. The smallest absolute Gasteiger partial charge is 0.670 e. The number of unbranched alkanes of at least 4 members (excludes halogenated alkanes) is 3. The van der Waals surface area contributed by atoms with Crippen molar-refractivity contribution in [1.29, 1.82) is 0 Å². The maximum Gasteiger partial charge on any atom is 2.00 e. The van der Waals surface area contributed by atoms with Gasteiger partial charge < -0.3 is 79.7 Å². The largest absolute Gasteiger partial charge is 2.00 e. The maximum absolute atomic E-state index is 10.2. The molecule has 14 N–H and O–H groups in total. The van der Waals surface area contributed by atoms with Crippen molar-refractivity contribution in [3.8, 4) is 0 Å². The van der Waals surface area contributed by atoms with Crippen molar-refractivity contribution in [2.24, 2.45) is 5.92 Å². The van der Waals surface area contributed by atoms with E-state index in [2.05, 4.69) is 31.4 Å². The van der Waals surface area contributed by atoms with Gasteiger partial charge in [0.15, 0.2) is 0 Å². The fourth-order valence-electron chi connectivity index (χ4n) is 5.16. The van der Waals surface area contributed by atoms with Crippen LogP contribution < -0.4 is 21.7 Å². The summed E-state index contributed by atoms with van der Waals surface area (Å²) in [6.07, 6.45) is 49.4. The molecule has 0 saturated heterocycles. The molecule has 73 heavy (non-hydrogen) atoms. The number of aliphatic hydroxyl groups excluding tert-OH is 6. The van der Waals surface area contributed by atoms with E-state index >= 15 is 0 Å². The van der Waals surface area contributed by atoms with Crippen molar-refractivity contribution in [2.45, 2.75) is 166 Å². The molecule has 0 aliphatic heterocycles. The van der Waals surface area contributed by atoms with E-state index in [9.17, 15) is 55.2 Å². The Labute approximate surface area is 454 Å². The molecule has 0 aliphatic carbocycles. The molecule has 0 aliphatic rings. The van der Waals surface area contributed by atoms with E-state index in [1.165, 1.54) is 6.08 Å². The molecule has 0 fully saturated rings. The fraction of sp³-hybridized carbons (Fsp3) is 0.509. The molecule has 0 unspecified atom stereocenters. The van der Waals surface area contributed by atoms with Gasteiger partial charge in [0.05, 0.1) is 49.7 Å². The predicted octanol–water partition coefficient (Wildman–Crippen LogP) is 4.65. The first-order valence-electron chi connectivity index (χ1n) is 25.3. The third kappa shape index (κ3) is 63.8. The normalized spacial score (nSPS) is 15.6. The Morgan fingerprint density at radius 3 is 1.26 bits per heavy atom. The van der Waals surface area contributed by atoms with Crippen LogP contribution in [0.4, 0.5) is 0 Å². The average Bonchev–Trinajstić information content (AvgIpc) is 3.34. The van der Waals surface area contributed by atoms with Crippen LogP contribution in [-0.2, 0) is 14.4 Å². The van der Waals surface area contributed by atoms with Crippen LogP contribution in [0.15, 0.2) is 146 Å². The van der Waals surface area contributed by atoms with E-state index < -0.39 is 66.5 Å². The second kappa shape index (κ2) is 60.3. The van der Waals surface area contributed by atoms with Crippen molar-refractivity contribution in [3.05, 3.63) is 158 Å². The van der Waals surface area contributed by atoms with Gasteiger partial charge in [-0.25, -0.2) is 0 Å². The third-order valence-corrected chi connectivity index (χ3v) is 9.48. The molecule has 0 spiro atoms. The average molecular weight is 1040 g/mol. The van der Waals surface area contributed by atoms with Crippen LogP contribution in [0.5, 0.6) is 0 Å². The molecule has 8 atom stereocenters. The first-order chi connectivity index (χ1) is 34.4. The van der Waals surface area contributed by atoms with Gasteiger partial charge in [0.1, 0.15) is 0 Å². The van der Waals surface area contributed by atoms with Gasteiger partial charge >= 0.3 is 23.1 Å². The molecule has 0 rings (SSSR count). The molecule has 0 bridgehead atoms. The van der Waals surface area contributed by atoms with E-state index in [1.807, 2.05) is 68.5 Å². The zero-order chi connectivity index (χ0) is 55.0. The molecular formula is C57H93MgN3O12. The maximum atomic E-state index is 10.2. The summed E-state index contributed by atoms with van der Waals surface area (Å²) in [6, 6.07) is -1.05. The number of hydrogen-bond acceptors (Lipinski definition) is 11. The van der Waals surface area contributed by atoms with Gasteiger partial charge in [-0.3, -0.25) is 4.79 Å². The van der Waals surface area contributed by atoms with Gasteiger partial charge in [-0.2, -0.15) is 0 Å². The number of hydrogen-bond donors (Lipinski definition) is 9. The number of carbonyl (C=O) groups excluding carboxylic acids is 2. The van der Waals surface area contributed by atoms with E-state index in [4.69, 9.17) is 10.8 Å². The van der Waals surface area contributed by atoms with Crippen molar-refractivity contribution >= 4 is 41.0 Å². The number of carbonyl (C=O) groups is 3. The van der Waals surface area contributed by atoms with Crippen LogP contribution in [0, 0.1) is 12.8 Å². The molecule has 0 aromatic heterocycles.